The van der Waals surface area contributed by atoms with E-state index in [1.165, 1.54) is 18.2 Å². The molecule has 12 heavy (non-hydrogen) atoms. The van der Waals surface area contributed by atoms with Crippen LogP contribution in [0.4, 0.5) is 5.82 Å². The monoisotopic (exact) mass is 164 g/mol. The highest BCUT2D eigenvalue weighted by Crippen LogP contribution is 2.18. The molecule has 0 atom stereocenters. The van der Waals surface area contributed by atoms with Crippen molar-refractivity contribution in [1.29, 1.82) is 0 Å². The first kappa shape index (κ1) is 7.02. The second-order valence-electron chi connectivity index (χ2n) is 2.60. The third-order valence-electron chi connectivity index (χ3n) is 1.75. The molecule has 0 fully saturated rings. The summed E-state index contributed by atoms with van der Waals surface area (Å²) in [5.41, 5.74) is 0.882. The number of aromatic nitrogens is 2. The van der Waals surface area contributed by atoms with E-state index < -0.39 is 0 Å². The van der Waals surface area contributed by atoms with Gasteiger partial charge in [0.05, 0.1) is 18.6 Å². The molecule has 62 valence electrons. The fourth-order valence-corrected chi connectivity index (χ4v) is 1.07. The fourth-order valence-electron chi connectivity index (χ4n) is 1.07. The molecule has 5 heteroatoms. The van der Waals surface area contributed by atoms with Gasteiger partial charge in [0.2, 0.25) is 5.91 Å². The molecule has 0 saturated carbocycles. The van der Waals surface area contributed by atoms with Crippen LogP contribution in [0.15, 0.2) is 11.3 Å². The Morgan fingerprint density at radius 1 is 1.75 bits per heavy atom. The van der Waals surface area contributed by atoms with Gasteiger partial charge in [-0.3, -0.25) is 9.69 Å². The second kappa shape index (κ2) is 2.44. The van der Waals surface area contributed by atoms with Crippen molar-refractivity contribution in [3.8, 4) is 0 Å². The standard InChI is InChI=1S/C7H8N4O/c1-5(12)11-2-6-7(10-4-11)9-3-8-6/h3-4H,2H2,1H3,(H,8,9). The Morgan fingerprint density at radius 3 is 3.33 bits per heavy atom. The Hall–Kier alpha value is -1.65. The Kier molecular flexibility index (Phi) is 1.43. The highest BCUT2D eigenvalue weighted by Gasteiger charge is 2.15. The van der Waals surface area contributed by atoms with Gasteiger partial charge >= 0.3 is 0 Å². The lowest BCUT2D eigenvalue weighted by molar-refractivity contribution is -0.125. The molecule has 0 unspecified atom stereocenters. The summed E-state index contributed by atoms with van der Waals surface area (Å²) in [6, 6.07) is 0. The average molecular weight is 164 g/mol. The number of nitrogens with zero attached hydrogens (tertiary/aromatic N) is 3. The molecule has 1 amide bonds. The van der Waals surface area contributed by atoms with Crippen molar-refractivity contribution >= 4 is 18.1 Å². The quantitative estimate of drug-likeness (QED) is 0.604. The molecule has 1 aromatic rings. The first-order valence-electron chi connectivity index (χ1n) is 3.61. The summed E-state index contributed by atoms with van der Waals surface area (Å²) >= 11 is 0. The molecule has 0 aliphatic carbocycles. The largest absolute Gasteiger partial charge is 0.345 e. The smallest absolute Gasteiger partial charge is 0.224 e. The van der Waals surface area contributed by atoms with Gasteiger partial charge in [-0.15, -0.1) is 0 Å². The van der Waals surface area contributed by atoms with Gasteiger partial charge in [0.15, 0.2) is 5.82 Å². The zero-order chi connectivity index (χ0) is 8.55. The van der Waals surface area contributed by atoms with Crippen LogP contribution in [0.5, 0.6) is 0 Å². The summed E-state index contributed by atoms with van der Waals surface area (Å²) in [5.74, 6) is 0.659. The Balaban J connectivity index is 2.30. The van der Waals surface area contributed by atoms with E-state index in [-0.39, 0.29) is 5.91 Å². The molecule has 0 spiro atoms. The first-order chi connectivity index (χ1) is 5.77. The number of H-pyrrole nitrogens is 1. The van der Waals surface area contributed by atoms with Crippen molar-refractivity contribution in [2.75, 3.05) is 0 Å². The van der Waals surface area contributed by atoms with Crippen LogP contribution in [0, 0.1) is 0 Å². The summed E-state index contributed by atoms with van der Waals surface area (Å²) in [5, 5.41) is 0. The minimum Gasteiger partial charge on any atom is -0.345 e. The summed E-state index contributed by atoms with van der Waals surface area (Å²) in [7, 11) is 0. The third kappa shape index (κ3) is 0.990. The maximum absolute atomic E-state index is 10.9. The SMILES string of the molecule is CC(=O)N1C=Nc2nc[nH]c2C1. The highest BCUT2D eigenvalue weighted by atomic mass is 16.2. The number of carbonyl (C=O) groups excluding carboxylic acids is 1. The van der Waals surface area contributed by atoms with Crippen molar-refractivity contribution in [3.05, 3.63) is 12.0 Å². The van der Waals surface area contributed by atoms with Crippen LogP contribution in [-0.2, 0) is 11.3 Å². The molecule has 0 radical (unpaired) electrons. The van der Waals surface area contributed by atoms with Crippen LogP contribution in [0.3, 0.4) is 0 Å². The highest BCUT2D eigenvalue weighted by molar-refractivity contribution is 5.87. The Labute approximate surface area is 69.1 Å². The lowest BCUT2D eigenvalue weighted by Gasteiger charge is -2.17. The fraction of sp³-hybridized carbons (Fsp3) is 0.286. The number of amides is 1. The van der Waals surface area contributed by atoms with Crippen LogP contribution >= 0.6 is 0 Å². The number of fused-ring (bicyclic) bond motifs is 1. The first-order valence-corrected chi connectivity index (χ1v) is 3.61. The molecule has 0 saturated heterocycles. The average Bonchev–Trinajstić information content (AvgIpc) is 2.49. The normalized spacial score (nSPS) is 14.6. The van der Waals surface area contributed by atoms with Crippen LogP contribution in [0.1, 0.15) is 12.6 Å². The predicted molar refractivity (Wildman–Crippen MR) is 43.0 cm³/mol. The number of aliphatic imine (C=N–C) groups is 1. The summed E-state index contributed by atoms with van der Waals surface area (Å²) in [6.07, 6.45) is 3.08. The van der Waals surface area contributed by atoms with E-state index >= 15 is 0 Å². The molecular weight excluding hydrogens is 156 g/mol. The number of imidazole rings is 1. The van der Waals surface area contributed by atoms with Gasteiger partial charge in [-0.2, -0.15) is 0 Å². The van der Waals surface area contributed by atoms with E-state index in [9.17, 15) is 4.79 Å². The van der Waals surface area contributed by atoms with Gasteiger partial charge < -0.3 is 4.98 Å². The summed E-state index contributed by atoms with van der Waals surface area (Å²) in [6.45, 7) is 2.04. The number of hydrogen-bond acceptors (Lipinski definition) is 3. The van der Waals surface area contributed by atoms with Gasteiger partial charge in [0, 0.05) is 6.92 Å². The Morgan fingerprint density at radius 2 is 2.58 bits per heavy atom. The topological polar surface area (TPSA) is 61.4 Å². The van der Waals surface area contributed by atoms with E-state index in [0.29, 0.717) is 12.4 Å². The number of nitrogens with one attached hydrogen (secondary N) is 1. The van der Waals surface area contributed by atoms with E-state index in [2.05, 4.69) is 15.0 Å². The molecule has 0 bridgehead atoms. The van der Waals surface area contributed by atoms with Gasteiger partial charge in [0.25, 0.3) is 0 Å². The summed E-state index contributed by atoms with van der Waals surface area (Å²) in [4.78, 5) is 23.3. The van der Waals surface area contributed by atoms with Crippen molar-refractivity contribution in [3.63, 3.8) is 0 Å². The van der Waals surface area contributed by atoms with E-state index in [1.54, 1.807) is 6.33 Å². The maximum atomic E-state index is 10.9. The molecule has 1 aromatic heterocycles. The number of rotatable bonds is 0. The number of hydrogen-bond donors (Lipinski definition) is 1. The van der Waals surface area contributed by atoms with Crippen LogP contribution in [0.25, 0.3) is 0 Å². The molecule has 1 N–H and O–H groups in total. The number of carbonyl (C=O) groups is 1. The molecule has 2 rings (SSSR count). The molecule has 2 heterocycles. The van der Waals surface area contributed by atoms with Crippen LogP contribution < -0.4 is 0 Å². The zero-order valence-corrected chi connectivity index (χ0v) is 6.61. The minimum absolute atomic E-state index is 0.0148. The van der Waals surface area contributed by atoms with Gasteiger partial charge in [-0.05, 0) is 0 Å². The number of aromatic amines is 1. The van der Waals surface area contributed by atoms with Gasteiger partial charge in [-0.25, -0.2) is 9.98 Å². The lowest BCUT2D eigenvalue weighted by atomic mass is 10.3. The molecule has 1 aliphatic rings. The van der Waals surface area contributed by atoms with Gasteiger partial charge in [-0.1, -0.05) is 0 Å². The second-order valence-corrected chi connectivity index (χ2v) is 2.60. The Bertz CT molecular complexity index is 341. The zero-order valence-electron chi connectivity index (χ0n) is 6.61. The summed E-state index contributed by atoms with van der Waals surface area (Å²) < 4.78 is 0. The van der Waals surface area contributed by atoms with Crippen molar-refractivity contribution in [1.82, 2.24) is 14.9 Å². The van der Waals surface area contributed by atoms with Crippen molar-refractivity contribution < 1.29 is 4.79 Å². The van der Waals surface area contributed by atoms with E-state index in [4.69, 9.17) is 0 Å². The van der Waals surface area contributed by atoms with Crippen LogP contribution in [-0.4, -0.2) is 27.1 Å². The predicted octanol–water partition coefficient (Wildman–Crippen LogP) is 0.432. The maximum Gasteiger partial charge on any atom is 0.224 e. The van der Waals surface area contributed by atoms with Crippen molar-refractivity contribution in [2.45, 2.75) is 13.5 Å². The molecule has 1 aliphatic heterocycles. The molecule has 0 aromatic carbocycles. The molecular formula is C7H8N4O. The minimum atomic E-state index is -0.0148. The van der Waals surface area contributed by atoms with Gasteiger partial charge in [0.1, 0.15) is 6.34 Å². The van der Waals surface area contributed by atoms with Crippen LogP contribution in [0.2, 0.25) is 0 Å². The molecule has 5 nitrogen and oxygen atoms in total. The third-order valence-corrected chi connectivity index (χ3v) is 1.75. The van der Waals surface area contributed by atoms with E-state index in [0.717, 1.165) is 5.69 Å². The lowest BCUT2D eigenvalue weighted by Crippen LogP contribution is -2.28. The van der Waals surface area contributed by atoms with E-state index in [1.807, 2.05) is 0 Å². The van der Waals surface area contributed by atoms with Crippen molar-refractivity contribution in [2.24, 2.45) is 4.99 Å².